The van der Waals surface area contributed by atoms with E-state index in [2.05, 4.69) is 37.8 Å². The van der Waals surface area contributed by atoms with Crippen LogP contribution in [0.25, 0.3) is 0 Å². The molecule has 1 aliphatic rings. The van der Waals surface area contributed by atoms with E-state index in [9.17, 15) is 0 Å². The minimum Gasteiger partial charge on any atom is -0.348 e. The molecule has 1 saturated heterocycles. The first-order chi connectivity index (χ1) is 9.83. The fourth-order valence-electron chi connectivity index (χ4n) is 2.51. The summed E-state index contributed by atoms with van der Waals surface area (Å²) < 4.78 is 11.7. The van der Waals surface area contributed by atoms with Gasteiger partial charge in [-0.25, -0.2) is 0 Å². The molecule has 1 aromatic rings. The minimum absolute atomic E-state index is 0.179. The fourth-order valence-corrected chi connectivity index (χ4v) is 2.51. The van der Waals surface area contributed by atoms with E-state index in [4.69, 9.17) is 9.47 Å². The van der Waals surface area contributed by atoms with Crippen LogP contribution in [0.15, 0.2) is 36.9 Å². The standard InChI is InChI=1S/C18H26O2/c1-3-5-7-15-9-11-17(12-10-15)18-19-13-16(14-20-18)8-6-4-2/h3,9-12,16,18H,1,4-8,13-14H2,2H3. The van der Waals surface area contributed by atoms with E-state index in [0.29, 0.717) is 5.92 Å². The van der Waals surface area contributed by atoms with Crippen LogP contribution in [0.1, 0.15) is 50.0 Å². The number of allylic oxidation sites excluding steroid dienone is 1. The third-order valence-corrected chi connectivity index (χ3v) is 3.82. The zero-order valence-electron chi connectivity index (χ0n) is 12.5. The summed E-state index contributed by atoms with van der Waals surface area (Å²) in [5.41, 5.74) is 2.46. The molecule has 2 nitrogen and oxygen atoms in total. The van der Waals surface area contributed by atoms with Crippen molar-refractivity contribution < 1.29 is 9.47 Å². The molecule has 2 heteroatoms. The maximum Gasteiger partial charge on any atom is 0.183 e. The summed E-state index contributed by atoms with van der Waals surface area (Å²) in [5, 5.41) is 0. The van der Waals surface area contributed by atoms with Crippen molar-refractivity contribution in [3.8, 4) is 0 Å². The molecular weight excluding hydrogens is 248 g/mol. The number of benzene rings is 1. The van der Waals surface area contributed by atoms with Crippen molar-refractivity contribution in [3.63, 3.8) is 0 Å². The van der Waals surface area contributed by atoms with Gasteiger partial charge in [0.1, 0.15) is 0 Å². The molecule has 0 atom stereocenters. The van der Waals surface area contributed by atoms with Crippen molar-refractivity contribution in [2.45, 2.75) is 45.3 Å². The highest BCUT2D eigenvalue weighted by Gasteiger charge is 2.22. The SMILES string of the molecule is C=CCCc1ccc(C2OCC(CCCC)CO2)cc1. The van der Waals surface area contributed by atoms with Gasteiger partial charge in [0.05, 0.1) is 13.2 Å². The van der Waals surface area contributed by atoms with Crippen molar-refractivity contribution in [1.29, 1.82) is 0 Å². The number of ether oxygens (including phenoxy) is 2. The van der Waals surface area contributed by atoms with Crippen molar-refractivity contribution in [2.75, 3.05) is 13.2 Å². The summed E-state index contributed by atoms with van der Waals surface area (Å²) in [6.07, 6.45) is 7.57. The normalized spacial score (nSPS) is 22.6. The number of aryl methyl sites for hydroxylation is 1. The molecule has 1 aromatic carbocycles. The topological polar surface area (TPSA) is 18.5 Å². The van der Waals surface area contributed by atoms with Gasteiger partial charge in [-0.1, -0.05) is 50.1 Å². The molecule has 1 heterocycles. The van der Waals surface area contributed by atoms with E-state index in [1.807, 2.05) is 6.08 Å². The molecule has 1 aliphatic heterocycles. The number of unbranched alkanes of at least 4 members (excludes halogenated alkanes) is 1. The highest BCUT2D eigenvalue weighted by molar-refractivity contribution is 5.24. The quantitative estimate of drug-likeness (QED) is 0.673. The van der Waals surface area contributed by atoms with Gasteiger partial charge in [-0.3, -0.25) is 0 Å². The monoisotopic (exact) mass is 274 g/mol. The molecule has 110 valence electrons. The molecule has 1 fully saturated rings. The predicted octanol–water partition coefficient (Wildman–Crippen LogP) is 4.66. The van der Waals surface area contributed by atoms with Gasteiger partial charge in [0, 0.05) is 11.5 Å². The van der Waals surface area contributed by atoms with Crippen LogP contribution >= 0.6 is 0 Å². The van der Waals surface area contributed by atoms with E-state index in [-0.39, 0.29) is 6.29 Å². The second-order valence-electron chi connectivity index (χ2n) is 5.58. The Morgan fingerprint density at radius 1 is 1.20 bits per heavy atom. The first kappa shape index (κ1) is 15.3. The Labute approximate surface area is 122 Å². The van der Waals surface area contributed by atoms with Crippen molar-refractivity contribution in [2.24, 2.45) is 5.92 Å². The molecule has 0 amide bonds. The Kier molecular flexibility index (Phi) is 6.28. The average molecular weight is 274 g/mol. The Morgan fingerprint density at radius 2 is 1.90 bits per heavy atom. The lowest BCUT2D eigenvalue weighted by molar-refractivity contribution is -0.206. The lowest BCUT2D eigenvalue weighted by atomic mass is 10.0. The molecule has 0 radical (unpaired) electrons. The zero-order valence-corrected chi connectivity index (χ0v) is 12.5. The largest absolute Gasteiger partial charge is 0.348 e. The van der Waals surface area contributed by atoms with E-state index in [1.165, 1.54) is 24.8 Å². The van der Waals surface area contributed by atoms with Gasteiger partial charge < -0.3 is 9.47 Å². The second-order valence-corrected chi connectivity index (χ2v) is 5.58. The maximum atomic E-state index is 5.86. The second kappa shape index (κ2) is 8.23. The molecule has 20 heavy (non-hydrogen) atoms. The van der Waals surface area contributed by atoms with Crippen molar-refractivity contribution in [1.82, 2.24) is 0 Å². The third kappa shape index (κ3) is 4.46. The molecular formula is C18H26O2. The summed E-state index contributed by atoms with van der Waals surface area (Å²) in [6, 6.07) is 8.56. The van der Waals surface area contributed by atoms with E-state index in [1.54, 1.807) is 0 Å². The van der Waals surface area contributed by atoms with Gasteiger partial charge in [-0.2, -0.15) is 0 Å². The van der Waals surface area contributed by atoms with Crippen LogP contribution in [0.4, 0.5) is 0 Å². The molecule has 0 N–H and O–H groups in total. The summed E-state index contributed by atoms with van der Waals surface area (Å²) in [4.78, 5) is 0. The van der Waals surface area contributed by atoms with Crippen LogP contribution in [0.2, 0.25) is 0 Å². The van der Waals surface area contributed by atoms with Crippen molar-refractivity contribution in [3.05, 3.63) is 48.0 Å². The molecule has 0 saturated carbocycles. The predicted molar refractivity (Wildman–Crippen MR) is 82.6 cm³/mol. The smallest absolute Gasteiger partial charge is 0.183 e. The fraction of sp³-hybridized carbons (Fsp3) is 0.556. The summed E-state index contributed by atoms with van der Waals surface area (Å²) >= 11 is 0. The van der Waals surface area contributed by atoms with Crippen LogP contribution in [-0.4, -0.2) is 13.2 Å². The molecule has 2 rings (SSSR count). The van der Waals surface area contributed by atoms with Gasteiger partial charge in [0.2, 0.25) is 0 Å². The van der Waals surface area contributed by atoms with Crippen LogP contribution in [0, 0.1) is 5.92 Å². The van der Waals surface area contributed by atoms with E-state index >= 15 is 0 Å². The summed E-state index contributed by atoms with van der Waals surface area (Å²) in [7, 11) is 0. The number of hydrogen-bond donors (Lipinski definition) is 0. The molecule has 0 aromatic heterocycles. The van der Waals surface area contributed by atoms with Gasteiger partial charge in [0.15, 0.2) is 6.29 Å². The molecule has 0 aliphatic carbocycles. The average Bonchev–Trinajstić information content (AvgIpc) is 2.52. The van der Waals surface area contributed by atoms with Crippen LogP contribution < -0.4 is 0 Å². The highest BCUT2D eigenvalue weighted by Crippen LogP contribution is 2.27. The number of rotatable bonds is 7. The Balaban J connectivity index is 1.82. The Hall–Kier alpha value is -1.12. The first-order valence-corrected chi connectivity index (χ1v) is 7.76. The maximum absolute atomic E-state index is 5.86. The van der Waals surface area contributed by atoms with Crippen LogP contribution in [0.3, 0.4) is 0 Å². The Bertz CT molecular complexity index is 388. The zero-order chi connectivity index (χ0) is 14.2. The van der Waals surface area contributed by atoms with Gasteiger partial charge in [-0.05, 0) is 24.8 Å². The molecule has 0 bridgehead atoms. The van der Waals surface area contributed by atoms with Crippen LogP contribution in [0.5, 0.6) is 0 Å². The van der Waals surface area contributed by atoms with Gasteiger partial charge in [-0.15, -0.1) is 6.58 Å². The lowest BCUT2D eigenvalue weighted by Crippen LogP contribution is -2.27. The van der Waals surface area contributed by atoms with E-state index in [0.717, 1.165) is 31.6 Å². The summed E-state index contributed by atoms with van der Waals surface area (Å²) in [5.74, 6) is 0.568. The number of hydrogen-bond acceptors (Lipinski definition) is 2. The van der Waals surface area contributed by atoms with Gasteiger partial charge >= 0.3 is 0 Å². The van der Waals surface area contributed by atoms with Crippen molar-refractivity contribution >= 4 is 0 Å². The Morgan fingerprint density at radius 3 is 2.50 bits per heavy atom. The highest BCUT2D eigenvalue weighted by atomic mass is 16.7. The molecule has 0 spiro atoms. The first-order valence-electron chi connectivity index (χ1n) is 7.76. The van der Waals surface area contributed by atoms with Crippen LogP contribution in [-0.2, 0) is 15.9 Å². The third-order valence-electron chi connectivity index (χ3n) is 3.82. The van der Waals surface area contributed by atoms with E-state index < -0.39 is 0 Å². The minimum atomic E-state index is -0.179. The molecule has 0 unspecified atom stereocenters. The van der Waals surface area contributed by atoms with Gasteiger partial charge in [0.25, 0.3) is 0 Å². The lowest BCUT2D eigenvalue weighted by Gasteiger charge is -2.29. The summed E-state index contributed by atoms with van der Waals surface area (Å²) in [6.45, 7) is 7.62.